The molecule has 2 aromatic rings. The van der Waals surface area contributed by atoms with Crippen LogP contribution in [0.2, 0.25) is 0 Å². The van der Waals surface area contributed by atoms with Crippen LogP contribution in [0.1, 0.15) is 23.1 Å². The zero-order chi connectivity index (χ0) is 14.4. The molecule has 0 fully saturated rings. The topological polar surface area (TPSA) is 41.1 Å². The lowest BCUT2D eigenvalue weighted by Gasteiger charge is -2.17. The van der Waals surface area contributed by atoms with Crippen molar-refractivity contribution in [3.8, 4) is 0 Å². The Kier molecular flexibility index (Phi) is 5.49. The Morgan fingerprint density at radius 2 is 2.25 bits per heavy atom. The summed E-state index contributed by atoms with van der Waals surface area (Å²) in [6.45, 7) is 6.88. The normalized spacial score (nSPS) is 10.8. The number of likely N-dealkylation sites (N-methyl/N-ethyl adjacent to an activating group) is 1. The summed E-state index contributed by atoms with van der Waals surface area (Å²) in [5.74, 6) is 0.805. The van der Waals surface area contributed by atoms with Gasteiger partial charge in [-0.15, -0.1) is 11.3 Å². The van der Waals surface area contributed by atoms with Gasteiger partial charge in [-0.2, -0.15) is 0 Å². The highest BCUT2D eigenvalue weighted by Crippen LogP contribution is 2.13. The zero-order valence-electron chi connectivity index (χ0n) is 12.4. The minimum atomic E-state index is 0.805. The van der Waals surface area contributed by atoms with Crippen LogP contribution < -0.4 is 10.2 Å². The van der Waals surface area contributed by atoms with Crippen molar-refractivity contribution in [2.24, 2.45) is 0 Å². The number of hydrogen-bond acceptors (Lipinski definition) is 5. The molecule has 0 aliphatic carbocycles. The molecule has 0 saturated carbocycles. The van der Waals surface area contributed by atoms with E-state index in [0.29, 0.717) is 0 Å². The van der Waals surface area contributed by atoms with E-state index in [2.05, 4.69) is 44.6 Å². The van der Waals surface area contributed by atoms with Crippen molar-refractivity contribution >= 4 is 17.3 Å². The largest absolute Gasteiger partial charge is 0.344 e. The average Bonchev–Trinajstić information content (AvgIpc) is 2.96. The monoisotopic (exact) mass is 290 g/mol. The van der Waals surface area contributed by atoms with Crippen LogP contribution in [0.5, 0.6) is 0 Å². The van der Waals surface area contributed by atoms with Gasteiger partial charge in [-0.05, 0) is 31.3 Å². The predicted molar refractivity (Wildman–Crippen MR) is 85.4 cm³/mol. The van der Waals surface area contributed by atoms with Gasteiger partial charge < -0.3 is 10.2 Å². The van der Waals surface area contributed by atoms with E-state index in [1.54, 1.807) is 11.3 Å². The van der Waals surface area contributed by atoms with Crippen LogP contribution in [0.15, 0.2) is 23.7 Å². The second-order valence-corrected chi connectivity index (χ2v) is 5.84. The highest BCUT2D eigenvalue weighted by Gasteiger charge is 2.07. The first kappa shape index (κ1) is 14.9. The molecule has 0 aromatic carbocycles. The van der Waals surface area contributed by atoms with E-state index in [9.17, 15) is 0 Å². The van der Waals surface area contributed by atoms with Crippen molar-refractivity contribution in [3.05, 3.63) is 39.8 Å². The van der Waals surface area contributed by atoms with Crippen LogP contribution >= 0.6 is 11.3 Å². The van der Waals surface area contributed by atoms with E-state index in [4.69, 9.17) is 0 Å². The molecule has 2 heterocycles. The maximum absolute atomic E-state index is 4.60. The van der Waals surface area contributed by atoms with E-state index in [1.807, 2.05) is 20.2 Å². The summed E-state index contributed by atoms with van der Waals surface area (Å²) in [6.07, 6.45) is 2.97. The Morgan fingerprint density at radius 1 is 1.40 bits per heavy atom. The fourth-order valence-corrected chi connectivity index (χ4v) is 2.63. The average molecular weight is 290 g/mol. The molecule has 0 aliphatic rings. The van der Waals surface area contributed by atoms with Crippen LogP contribution in [0.25, 0.3) is 0 Å². The molecule has 0 radical (unpaired) electrons. The summed E-state index contributed by atoms with van der Waals surface area (Å²) >= 11 is 1.80. The Balaban J connectivity index is 1.95. The molecule has 1 N–H and O–H groups in total. The van der Waals surface area contributed by atoms with Crippen LogP contribution in [0, 0.1) is 6.92 Å². The Bertz CT molecular complexity index is 525. The van der Waals surface area contributed by atoms with Gasteiger partial charge in [0.05, 0.1) is 0 Å². The SMILES string of the molecule is CCNCc1cnc(N(C)CCc2cccs2)nc1C. The smallest absolute Gasteiger partial charge is 0.225 e. The predicted octanol–water partition coefficient (Wildman–Crippen LogP) is 2.63. The van der Waals surface area contributed by atoms with Crippen molar-refractivity contribution in [1.82, 2.24) is 15.3 Å². The molecule has 0 amide bonds. The van der Waals surface area contributed by atoms with Crippen molar-refractivity contribution in [2.45, 2.75) is 26.8 Å². The molecule has 0 unspecified atom stereocenters. The van der Waals surface area contributed by atoms with Gasteiger partial charge in [-0.25, -0.2) is 9.97 Å². The molecule has 0 bridgehead atoms. The number of hydrogen-bond donors (Lipinski definition) is 1. The van der Waals surface area contributed by atoms with Crippen LogP contribution in [0.3, 0.4) is 0 Å². The van der Waals surface area contributed by atoms with E-state index in [0.717, 1.165) is 37.7 Å². The maximum Gasteiger partial charge on any atom is 0.225 e. The van der Waals surface area contributed by atoms with E-state index in [1.165, 1.54) is 10.4 Å². The minimum absolute atomic E-state index is 0.805. The van der Waals surface area contributed by atoms with Crippen molar-refractivity contribution < 1.29 is 0 Å². The van der Waals surface area contributed by atoms with E-state index < -0.39 is 0 Å². The second kappa shape index (κ2) is 7.36. The fourth-order valence-electron chi connectivity index (χ4n) is 1.93. The van der Waals surface area contributed by atoms with Crippen molar-refractivity contribution in [3.63, 3.8) is 0 Å². The quantitative estimate of drug-likeness (QED) is 0.851. The molecule has 5 heteroatoms. The summed E-state index contributed by atoms with van der Waals surface area (Å²) in [6, 6.07) is 4.26. The molecule has 20 heavy (non-hydrogen) atoms. The second-order valence-electron chi connectivity index (χ2n) is 4.81. The molecule has 0 atom stereocenters. The summed E-state index contributed by atoms with van der Waals surface area (Å²) in [5.41, 5.74) is 2.22. The molecule has 108 valence electrons. The summed E-state index contributed by atoms with van der Waals surface area (Å²) in [7, 11) is 2.05. The molecular formula is C15H22N4S. The van der Waals surface area contributed by atoms with E-state index >= 15 is 0 Å². The minimum Gasteiger partial charge on any atom is -0.344 e. The number of nitrogens with zero attached hydrogens (tertiary/aromatic N) is 3. The fraction of sp³-hybridized carbons (Fsp3) is 0.467. The Morgan fingerprint density at radius 3 is 2.90 bits per heavy atom. The zero-order valence-corrected chi connectivity index (χ0v) is 13.2. The van der Waals surface area contributed by atoms with Gasteiger partial charge >= 0.3 is 0 Å². The van der Waals surface area contributed by atoms with Crippen molar-refractivity contribution in [2.75, 3.05) is 25.0 Å². The Hall–Kier alpha value is -1.46. The summed E-state index contributed by atoms with van der Waals surface area (Å²) < 4.78 is 0. The number of rotatable bonds is 7. The standard InChI is InChI=1S/C15H22N4S/c1-4-16-10-13-11-17-15(18-12(13)2)19(3)8-7-14-6-5-9-20-14/h5-6,9,11,16H,4,7-8,10H2,1-3H3. The van der Waals surface area contributed by atoms with Gasteiger partial charge in [0.15, 0.2) is 0 Å². The first-order valence-corrected chi connectivity index (χ1v) is 7.85. The van der Waals surface area contributed by atoms with Gasteiger partial charge in [-0.3, -0.25) is 0 Å². The van der Waals surface area contributed by atoms with Crippen LogP contribution in [0.4, 0.5) is 5.95 Å². The Labute approximate surface area is 124 Å². The first-order chi connectivity index (χ1) is 9.70. The number of aromatic nitrogens is 2. The molecule has 2 aromatic heterocycles. The molecule has 4 nitrogen and oxygen atoms in total. The molecule has 0 aliphatic heterocycles. The van der Waals surface area contributed by atoms with Crippen LogP contribution in [-0.2, 0) is 13.0 Å². The van der Waals surface area contributed by atoms with E-state index in [-0.39, 0.29) is 0 Å². The van der Waals surface area contributed by atoms with Gasteiger partial charge in [0, 0.05) is 42.5 Å². The number of thiophene rings is 1. The highest BCUT2D eigenvalue weighted by molar-refractivity contribution is 7.09. The number of aryl methyl sites for hydroxylation is 1. The maximum atomic E-state index is 4.60. The third-order valence-corrected chi connectivity index (χ3v) is 4.19. The molecular weight excluding hydrogens is 268 g/mol. The molecule has 0 spiro atoms. The lowest BCUT2D eigenvalue weighted by Crippen LogP contribution is -2.23. The van der Waals surface area contributed by atoms with Gasteiger partial charge in [0.1, 0.15) is 0 Å². The first-order valence-electron chi connectivity index (χ1n) is 6.97. The van der Waals surface area contributed by atoms with Gasteiger partial charge in [0.2, 0.25) is 5.95 Å². The third kappa shape index (κ3) is 4.02. The number of anilines is 1. The van der Waals surface area contributed by atoms with Gasteiger partial charge in [-0.1, -0.05) is 13.0 Å². The third-order valence-electron chi connectivity index (χ3n) is 3.25. The van der Waals surface area contributed by atoms with Crippen LogP contribution in [-0.4, -0.2) is 30.1 Å². The summed E-state index contributed by atoms with van der Waals surface area (Å²) in [5, 5.41) is 5.42. The lowest BCUT2D eigenvalue weighted by molar-refractivity contribution is 0.713. The van der Waals surface area contributed by atoms with Crippen molar-refractivity contribution in [1.29, 1.82) is 0 Å². The molecule has 2 rings (SSSR count). The van der Waals surface area contributed by atoms with Gasteiger partial charge in [0.25, 0.3) is 0 Å². The lowest BCUT2D eigenvalue weighted by atomic mass is 10.2. The number of nitrogens with one attached hydrogen (secondary N) is 1. The summed E-state index contributed by atoms with van der Waals surface area (Å²) in [4.78, 5) is 12.6. The molecule has 0 saturated heterocycles. The highest BCUT2D eigenvalue weighted by atomic mass is 32.1.